The number of cyclic esters (lactones) is 1. The maximum absolute atomic E-state index is 10.8. The molecule has 0 aliphatic carbocycles. The molecule has 1 aliphatic rings. The van der Waals surface area contributed by atoms with Crippen LogP contribution in [0.1, 0.15) is 13.8 Å². The SMILES string of the molecule is CC1(C)OC(=O)/C(=C\C(=O)O)O1. The Hall–Kier alpha value is -1.52. The quantitative estimate of drug-likeness (QED) is 0.453. The molecule has 0 aromatic heterocycles. The second-order valence-electron chi connectivity index (χ2n) is 2.74. The minimum Gasteiger partial charge on any atom is -0.478 e. The van der Waals surface area contributed by atoms with Crippen LogP contribution in [0.25, 0.3) is 0 Å². The molecular weight excluding hydrogens is 164 g/mol. The van der Waals surface area contributed by atoms with Crippen LogP contribution in [-0.2, 0) is 19.1 Å². The molecular formula is C7H8O5. The topological polar surface area (TPSA) is 72.8 Å². The van der Waals surface area contributed by atoms with Crippen LogP contribution in [0.3, 0.4) is 0 Å². The largest absolute Gasteiger partial charge is 0.478 e. The predicted molar refractivity (Wildman–Crippen MR) is 37.0 cm³/mol. The zero-order chi connectivity index (χ0) is 9.35. The third-order valence-electron chi connectivity index (χ3n) is 1.15. The van der Waals surface area contributed by atoms with Crippen molar-refractivity contribution in [1.29, 1.82) is 0 Å². The standard InChI is InChI=1S/C7H8O5/c1-7(2)11-4(3-5(8)9)6(10)12-7/h3H,1-2H3,(H,8,9)/b4-3+. The van der Waals surface area contributed by atoms with Crippen LogP contribution in [-0.4, -0.2) is 22.8 Å². The van der Waals surface area contributed by atoms with Gasteiger partial charge in [0.2, 0.25) is 11.5 Å². The molecule has 0 aromatic rings. The molecule has 12 heavy (non-hydrogen) atoms. The van der Waals surface area contributed by atoms with Crippen molar-refractivity contribution in [1.82, 2.24) is 0 Å². The van der Waals surface area contributed by atoms with E-state index in [9.17, 15) is 9.59 Å². The molecule has 5 heteroatoms. The third-order valence-corrected chi connectivity index (χ3v) is 1.15. The highest BCUT2D eigenvalue weighted by Gasteiger charge is 2.37. The van der Waals surface area contributed by atoms with Crippen LogP contribution in [0.5, 0.6) is 0 Å². The lowest BCUT2D eigenvalue weighted by atomic mass is 10.4. The summed E-state index contributed by atoms with van der Waals surface area (Å²) in [6.07, 6.45) is 0.678. The van der Waals surface area contributed by atoms with Crippen molar-refractivity contribution in [2.24, 2.45) is 0 Å². The van der Waals surface area contributed by atoms with E-state index >= 15 is 0 Å². The van der Waals surface area contributed by atoms with E-state index in [1.54, 1.807) is 0 Å². The number of hydrogen-bond acceptors (Lipinski definition) is 4. The molecule has 0 aromatic carbocycles. The number of aliphatic carboxylic acids is 1. The van der Waals surface area contributed by atoms with Gasteiger partial charge in [-0.1, -0.05) is 0 Å². The van der Waals surface area contributed by atoms with Gasteiger partial charge in [0.05, 0.1) is 6.08 Å². The lowest BCUT2D eigenvalue weighted by molar-refractivity contribution is -0.159. The summed E-state index contributed by atoms with van der Waals surface area (Å²) in [7, 11) is 0. The maximum atomic E-state index is 10.8. The zero-order valence-corrected chi connectivity index (χ0v) is 6.66. The summed E-state index contributed by atoms with van der Waals surface area (Å²) in [5.74, 6) is -3.31. The molecule has 0 unspecified atom stereocenters. The van der Waals surface area contributed by atoms with Crippen molar-refractivity contribution >= 4 is 11.9 Å². The molecule has 0 amide bonds. The van der Waals surface area contributed by atoms with Gasteiger partial charge in [-0.05, 0) is 0 Å². The first kappa shape index (κ1) is 8.58. The summed E-state index contributed by atoms with van der Waals surface area (Å²) in [5, 5.41) is 8.30. The minimum absolute atomic E-state index is 0.271. The van der Waals surface area contributed by atoms with Gasteiger partial charge in [-0.2, -0.15) is 0 Å². The molecule has 0 radical (unpaired) electrons. The molecule has 5 nitrogen and oxygen atoms in total. The Morgan fingerprint density at radius 3 is 2.42 bits per heavy atom. The molecule has 1 heterocycles. The van der Waals surface area contributed by atoms with E-state index in [2.05, 4.69) is 4.74 Å². The minimum atomic E-state index is -1.24. The summed E-state index contributed by atoms with van der Waals surface area (Å²) < 4.78 is 9.55. The van der Waals surface area contributed by atoms with Crippen molar-refractivity contribution in [3.8, 4) is 0 Å². The number of rotatable bonds is 1. The van der Waals surface area contributed by atoms with Gasteiger partial charge in [-0.3, -0.25) is 0 Å². The summed E-state index contributed by atoms with van der Waals surface area (Å²) >= 11 is 0. The molecule has 1 aliphatic heterocycles. The smallest absolute Gasteiger partial charge is 0.377 e. The Kier molecular flexibility index (Phi) is 1.79. The van der Waals surface area contributed by atoms with Crippen molar-refractivity contribution in [3.63, 3.8) is 0 Å². The Morgan fingerprint density at radius 1 is 1.50 bits per heavy atom. The predicted octanol–water partition coefficient (Wildman–Crippen LogP) is 0.264. The van der Waals surface area contributed by atoms with Gasteiger partial charge in [0.15, 0.2) is 0 Å². The van der Waals surface area contributed by atoms with Crippen LogP contribution in [0, 0.1) is 0 Å². The van der Waals surface area contributed by atoms with E-state index in [0.29, 0.717) is 6.08 Å². The van der Waals surface area contributed by atoms with Crippen molar-refractivity contribution in [3.05, 3.63) is 11.8 Å². The van der Waals surface area contributed by atoms with E-state index in [1.807, 2.05) is 0 Å². The summed E-state index contributed by atoms with van der Waals surface area (Å²) in [6, 6.07) is 0. The molecule has 1 fully saturated rings. The van der Waals surface area contributed by atoms with Gasteiger partial charge in [0.25, 0.3) is 0 Å². The van der Waals surface area contributed by atoms with Crippen molar-refractivity contribution in [2.45, 2.75) is 19.6 Å². The fraction of sp³-hybridized carbons (Fsp3) is 0.429. The first-order valence-electron chi connectivity index (χ1n) is 3.28. The van der Waals surface area contributed by atoms with Gasteiger partial charge < -0.3 is 14.6 Å². The van der Waals surface area contributed by atoms with E-state index in [-0.39, 0.29) is 5.76 Å². The number of hydrogen-bond donors (Lipinski definition) is 1. The monoisotopic (exact) mass is 172 g/mol. The maximum Gasteiger partial charge on any atom is 0.377 e. The van der Waals surface area contributed by atoms with Crippen LogP contribution < -0.4 is 0 Å². The second kappa shape index (κ2) is 2.51. The van der Waals surface area contributed by atoms with Crippen LogP contribution in [0.15, 0.2) is 11.8 Å². The average Bonchev–Trinajstić information content (AvgIpc) is 2.03. The molecule has 1 N–H and O–H groups in total. The molecule has 1 saturated heterocycles. The van der Waals surface area contributed by atoms with E-state index < -0.39 is 17.7 Å². The van der Waals surface area contributed by atoms with Gasteiger partial charge in [0, 0.05) is 13.8 Å². The normalized spacial score (nSPS) is 23.5. The average molecular weight is 172 g/mol. The van der Waals surface area contributed by atoms with E-state index in [0.717, 1.165) is 0 Å². The first-order valence-corrected chi connectivity index (χ1v) is 3.28. The fourth-order valence-electron chi connectivity index (χ4n) is 0.801. The van der Waals surface area contributed by atoms with Gasteiger partial charge in [-0.25, -0.2) is 9.59 Å². The highest BCUT2D eigenvalue weighted by molar-refractivity contribution is 5.95. The number of carboxylic acids is 1. The summed E-state index contributed by atoms with van der Waals surface area (Å²) in [5.41, 5.74) is 0. The highest BCUT2D eigenvalue weighted by atomic mass is 16.8. The van der Waals surface area contributed by atoms with E-state index in [1.165, 1.54) is 13.8 Å². The molecule has 0 saturated carbocycles. The molecule has 66 valence electrons. The van der Waals surface area contributed by atoms with Gasteiger partial charge in [0.1, 0.15) is 0 Å². The fourth-order valence-corrected chi connectivity index (χ4v) is 0.801. The summed E-state index contributed by atoms with van der Waals surface area (Å²) in [4.78, 5) is 21.0. The van der Waals surface area contributed by atoms with Crippen LogP contribution in [0.2, 0.25) is 0 Å². The molecule has 0 bridgehead atoms. The van der Waals surface area contributed by atoms with Crippen LogP contribution >= 0.6 is 0 Å². The number of carbonyl (C=O) groups excluding carboxylic acids is 1. The van der Waals surface area contributed by atoms with Crippen molar-refractivity contribution in [2.75, 3.05) is 0 Å². The lowest BCUT2D eigenvalue weighted by Gasteiger charge is -2.13. The molecule has 0 spiro atoms. The second-order valence-corrected chi connectivity index (χ2v) is 2.74. The first-order chi connectivity index (χ1) is 5.41. The Balaban J connectivity index is 2.84. The molecule has 1 rings (SSSR count). The zero-order valence-electron chi connectivity index (χ0n) is 6.66. The number of esters is 1. The lowest BCUT2D eigenvalue weighted by Crippen LogP contribution is -2.19. The number of carboxylic acid groups (broad SMARTS) is 1. The molecule has 0 atom stereocenters. The Labute approximate surface area is 68.6 Å². The van der Waals surface area contributed by atoms with Gasteiger partial charge in [-0.15, -0.1) is 0 Å². The summed E-state index contributed by atoms with van der Waals surface area (Å²) in [6.45, 7) is 3.04. The van der Waals surface area contributed by atoms with E-state index in [4.69, 9.17) is 9.84 Å². The highest BCUT2D eigenvalue weighted by Crippen LogP contribution is 2.25. The number of carbonyl (C=O) groups is 2. The van der Waals surface area contributed by atoms with Crippen LogP contribution in [0.4, 0.5) is 0 Å². The third kappa shape index (κ3) is 1.75. The number of ether oxygens (including phenoxy) is 2. The van der Waals surface area contributed by atoms with Crippen molar-refractivity contribution < 1.29 is 24.2 Å². The Bertz CT molecular complexity index is 263. The Morgan fingerprint density at radius 2 is 2.08 bits per heavy atom. The van der Waals surface area contributed by atoms with Gasteiger partial charge >= 0.3 is 11.9 Å².